The predicted molar refractivity (Wildman–Crippen MR) is 84.4 cm³/mol. The fourth-order valence-corrected chi connectivity index (χ4v) is 2.63. The molecule has 1 amide bonds. The largest absolute Gasteiger partial charge is 0.449 e. The van der Waals surface area contributed by atoms with Crippen LogP contribution in [0.5, 0.6) is 0 Å². The van der Waals surface area contributed by atoms with Gasteiger partial charge in [0.1, 0.15) is 0 Å². The first-order valence-electron chi connectivity index (χ1n) is 7.91. The van der Waals surface area contributed by atoms with Gasteiger partial charge in [0, 0.05) is 19.1 Å². The molecule has 1 aromatic rings. The maximum Gasteiger partial charge on any atom is 0.410 e. The van der Waals surface area contributed by atoms with E-state index in [-0.39, 0.29) is 12.1 Å². The van der Waals surface area contributed by atoms with Crippen LogP contribution in [0.15, 0.2) is 30.3 Å². The van der Waals surface area contributed by atoms with E-state index in [0.717, 1.165) is 25.8 Å². The number of rotatable bonds is 5. The number of nitrogens with zero attached hydrogens (tertiary/aromatic N) is 1. The molecule has 116 valence electrons. The zero-order valence-corrected chi connectivity index (χ0v) is 13.0. The number of unbranched alkanes of at least 4 members (excludes halogenated alkanes) is 1. The predicted octanol–water partition coefficient (Wildman–Crippen LogP) is 2.83. The fraction of sp³-hybridized carbons (Fsp3) is 0.588. The van der Waals surface area contributed by atoms with E-state index in [1.165, 1.54) is 5.56 Å². The zero-order chi connectivity index (χ0) is 15.1. The van der Waals surface area contributed by atoms with Crippen molar-refractivity contribution in [3.8, 4) is 0 Å². The molecule has 21 heavy (non-hydrogen) atoms. The summed E-state index contributed by atoms with van der Waals surface area (Å²) in [6, 6.07) is 10.8. The van der Waals surface area contributed by atoms with E-state index >= 15 is 0 Å². The van der Waals surface area contributed by atoms with Crippen molar-refractivity contribution in [1.29, 1.82) is 0 Å². The minimum Gasteiger partial charge on any atom is -0.449 e. The van der Waals surface area contributed by atoms with Crippen LogP contribution >= 0.6 is 0 Å². The molecule has 2 atom stereocenters. The van der Waals surface area contributed by atoms with Gasteiger partial charge in [-0.1, -0.05) is 43.7 Å². The lowest BCUT2D eigenvalue weighted by molar-refractivity contribution is 0.0686. The Morgan fingerprint density at radius 1 is 1.38 bits per heavy atom. The maximum atomic E-state index is 12.3. The van der Waals surface area contributed by atoms with Gasteiger partial charge in [-0.15, -0.1) is 0 Å². The second-order valence-electron chi connectivity index (χ2n) is 5.77. The van der Waals surface area contributed by atoms with Crippen molar-refractivity contribution in [2.24, 2.45) is 0 Å². The minimum absolute atomic E-state index is 0.165. The fourth-order valence-electron chi connectivity index (χ4n) is 2.63. The van der Waals surface area contributed by atoms with Gasteiger partial charge in [-0.2, -0.15) is 0 Å². The molecule has 0 aromatic heterocycles. The molecule has 1 saturated heterocycles. The Balaban J connectivity index is 1.97. The van der Waals surface area contributed by atoms with Gasteiger partial charge in [0.05, 0.1) is 12.6 Å². The van der Waals surface area contributed by atoms with Crippen molar-refractivity contribution in [3.63, 3.8) is 0 Å². The number of benzene rings is 1. The van der Waals surface area contributed by atoms with Crippen molar-refractivity contribution >= 4 is 6.09 Å². The average molecular weight is 290 g/mol. The van der Waals surface area contributed by atoms with Crippen LogP contribution in [-0.4, -0.2) is 42.8 Å². The summed E-state index contributed by atoms with van der Waals surface area (Å²) in [4.78, 5) is 14.2. The summed E-state index contributed by atoms with van der Waals surface area (Å²) in [6.07, 6.45) is 2.66. The van der Waals surface area contributed by atoms with Gasteiger partial charge in [-0.25, -0.2) is 4.79 Å². The minimum atomic E-state index is -0.169. The highest BCUT2D eigenvalue weighted by molar-refractivity contribution is 5.68. The Morgan fingerprint density at radius 3 is 2.86 bits per heavy atom. The topological polar surface area (TPSA) is 41.6 Å². The summed E-state index contributed by atoms with van der Waals surface area (Å²) < 4.78 is 5.40. The third-order valence-corrected chi connectivity index (χ3v) is 3.89. The second-order valence-corrected chi connectivity index (χ2v) is 5.77. The standard InChI is InChI=1S/C17H26N2O2/c1-3-4-10-21-17(20)19-13-14(2)18-12-16(19)11-15-8-6-5-7-9-15/h5-9,14,16,18H,3-4,10-13H2,1-2H3. The van der Waals surface area contributed by atoms with E-state index < -0.39 is 0 Å². The quantitative estimate of drug-likeness (QED) is 0.848. The van der Waals surface area contributed by atoms with Crippen LogP contribution in [0.3, 0.4) is 0 Å². The Bertz CT molecular complexity index is 436. The van der Waals surface area contributed by atoms with Crippen LogP contribution in [0.4, 0.5) is 4.79 Å². The number of ether oxygens (including phenoxy) is 1. The van der Waals surface area contributed by atoms with E-state index in [1.807, 2.05) is 23.1 Å². The van der Waals surface area contributed by atoms with Gasteiger partial charge < -0.3 is 15.0 Å². The lowest BCUT2D eigenvalue weighted by Crippen LogP contribution is -2.58. The average Bonchev–Trinajstić information content (AvgIpc) is 2.50. The van der Waals surface area contributed by atoms with Crippen molar-refractivity contribution in [1.82, 2.24) is 10.2 Å². The first-order valence-corrected chi connectivity index (χ1v) is 7.91. The van der Waals surface area contributed by atoms with E-state index in [1.54, 1.807) is 0 Å². The van der Waals surface area contributed by atoms with Crippen molar-refractivity contribution in [2.45, 2.75) is 45.2 Å². The number of carbonyl (C=O) groups is 1. The molecule has 1 fully saturated rings. The molecule has 2 unspecified atom stereocenters. The van der Waals surface area contributed by atoms with Gasteiger partial charge in [0.2, 0.25) is 0 Å². The molecule has 0 aliphatic carbocycles. The number of hydrogen-bond acceptors (Lipinski definition) is 3. The molecule has 4 heteroatoms. The Hall–Kier alpha value is -1.55. The summed E-state index contributed by atoms with van der Waals surface area (Å²) in [6.45, 7) is 6.25. The van der Waals surface area contributed by atoms with Gasteiger partial charge in [-0.05, 0) is 25.3 Å². The molecule has 2 rings (SSSR count). The number of hydrogen-bond donors (Lipinski definition) is 1. The molecule has 1 N–H and O–H groups in total. The van der Waals surface area contributed by atoms with E-state index in [2.05, 4.69) is 31.3 Å². The van der Waals surface area contributed by atoms with Crippen LogP contribution in [0.2, 0.25) is 0 Å². The number of carbonyl (C=O) groups excluding carboxylic acids is 1. The summed E-state index contributed by atoms with van der Waals surface area (Å²) in [5.41, 5.74) is 1.25. The molecule has 0 saturated carbocycles. The van der Waals surface area contributed by atoms with Crippen molar-refractivity contribution in [2.75, 3.05) is 19.7 Å². The van der Waals surface area contributed by atoms with Crippen LogP contribution in [0, 0.1) is 0 Å². The maximum absolute atomic E-state index is 12.3. The van der Waals surface area contributed by atoms with Gasteiger partial charge in [0.15, 0.2) is 0 Å². The molecule has 1 aromatic carbocycles. The van der Waals surface area contributed by atoms with Gasteiger partial charge in [-0.3, -0.25) is 0 Å². The number of piperazine rings is 1. The van der Waals surface area contributed by atoms with E-state index in [9.17, 15) is 4.79 Å². The van der Waals surface area contributed by atoms with Crippen LogP contribution < -0.4 is 5.32 Å². The van der Waals surface area contributed by atoms with Gasteiger partial charge >= 0.3 is 6.09 Å². The third-order valence-electron chi connectivity index (χ3n) is 3.89. The normalized spacial score (nSPS) is 22.1. The summed E-state index contributed by atoms with van der Waals surface area (Å²) in [5.74, 6) is 0. The second kappa shape index (κ2) is 8.03. The van der Waals surface area contributed by atoms with Gasteiger partial charge in [0.25, 0.3) is 0 Å². The number of nitrogens with one attached hydrogen (secondary N) is 1. The van der Waals surface area contributed by atoms with E-state index in [0.29, 0.717) is 19.2 Å². The molecule has 1 aliphatic rings. The Kier molecular flexibility index (Phi) is 6.05. The van der Waals surface area contributed by atoms with Crippen molar-refractivity contribution < 1.29 is 9.53 Å². The molecule has 0 radical (unpaired) electrons. The van der Waals surface area contributed by atoms with Crippen LogP contribution in [0.25, 0.3) is 0 Å². The van der Waals surface area contributed by atoms with E-state index in [4.69, 9.17) is 4.74 Å². The lowest BCUT2D eigenvalue weighted by Gasteiger charge is -2.38. The van der Waals surface area contributed by atoms with Crippen LogP contribution in [0.1, 0.15) is 32.3 Å². The molecule has 1 heterocycles. The Labute approximate surface area is 127 Å². The molecule has 0 spiro atoms. The lowest BCUT2D eigenvalue weighted by atomic mass is 10.0. The monoisotopic (exact) mass is 290 g/mol. The molecular weight excluding hydrogens is 264 g/mol. The molecule has 1 aliphatic heterocycles. The first-order chi connectivity index (χ1) is 10.2. The highest BCUT2D eigenvalue weighted by Crippen LogP contribution is 2.14. The molecule has 4 nitrogen and oxygen atoms in total. The number of amides is 1. The highest BCUT2D eigenvalue weighted by Gasteiger charge is 2.30. The smallest absolute Gasteiger partial charge is 0.410 e. The molecule has 0 bridgehead atoms. The highest BCUT2D eigenvalue weighted by atomic mass is 16.6. The summed E-state index contributed by atoms with van der Waals surface area (Å²) in [5, 5.41) is 3.45. The first kappa shape index (κ1) is 15.8. The Morgan fingerprint density at radius 2 is 2.14 bits per heavy atom. The third kappa shape index (κ3) is 4.74. The molecular formula is C17H26N2O2. The SMILES string of the molecule is CCCCOC(=O)N1CC(C)NCC1Cc1ccccc1. The van der Waals surface area contributed by atoms with Crippen LogP contribution in [-0.2, 0) is 11.2 Å². The summed E-state index contributed by atoms with van der Waals surface area (Å²) in [7, 11) is 0. The zero-order valence-electron chi connectivity index (χ0n) is 13.0. The summed E-state index contributed by atoms with van der Waals surface area (Å²) >= 11 is 0. The van der Waals surface area contributed by atoms with Crippen molar-refractivity contribution in [3.05, 3.63) is 35.9 Å².